The second-order valence-corrected chi connectivity index (χ2v) is 3.48. The van der Waals surface area contributed by atoms with Crippen LogP contribution in [0.2, 0.25) is 0 Å². The minimum atomic E-state index is 0.270. The van der Waals surface area contributed by atoms with E-state index >= 15 is 0 Å². The van der Waals surface area contributed by atoms with Crippen LogP contribution in [0.25, 0.3) is 0 Å². The van der Waals surface area contributed by atoms with Gasteiger partial charge in [0.25, 0.3) is 0 Å². The standard InChI is InChI=1S/C10H24N2O/c1-4-10(11-5-2)8-12-9(3)6-7-13/h9-13H,4-8H2,1-3H3. The summed E-state index contributed by atoms with van der Waals surface area (Å²) in [5.74, 6) is 0. The molecule has 0 aliphatic heterocycles. The first kappa shape index (κ1) is 12.9. The Bertz CT molecular complexity index is 109. The monoisotopic (exact) mass is 188 g/mol. The first-order valence-corrected chi connectivity index (χ1v) is 5.32. The molecule has 0 spiro atoms. The van der Waals surface area contributed by atoms with Crippen LogP contribution in [0.1, 0.15) is 33.6 Å². The number of likely N-dealkylation sites (N-methyl/N-ethyl adjacent to an activating group) is 1. The van der Waals surface area contributed by atoms with Crippen LogP contribution in [0.4, 0.5) is 0 Å². The fraction of sp³-hybridized carbons (Fsp3) is 1.00. The maximum atomic E-state index is 8.71. The van der Waals surface area contributed by atoms with Crippen molar-refractivity contribution in [1.82, 2.24) is 10.6 Å². The zero-order valence-corrected chi connectivity index (χ0v) is 9.14. The predicted molar refractivity (Wildman–Crippen MR) is 56.9 cm³/mol. The van der Waals surface area contributed by atoms with Crippen LogP contribution in [-0.4, -0.2) is 36.9 Å². The van der Waals surface area contributed by atoms with Gasteiger partial charge in [-0.05, 0) is 26.3 Å². The van der Waals surface area contributed by atoms with Gasteiger partial charge in [-0.1, -0.05) is 13.8 Å². The second-order valence-electron chi connectivity index (χ2n) is 3.48. The van der Waals surface area contributed by atoms with E-state index in [0.717, 1.165) is 25.9 Å². The lowest BCUT2D eigenvalue weighted by Gasteiger charge is -2.19. The molecule has 3 nitrogen and oxygen atoms in total. The molecule has 0 bridgehead atoms. The third-order valence-electron chi connectivity index (χ3n) is 2.26. The lowest BCUT2D eigenvalue weighted by atomic mass is 10.2. The quantitative estimate of drug-likeness (QED) is 0.526. The van der Waals surface area contributed by atoms with Crippen molar-refractivity contribution in [2.45, 2.75) is 45.7 Å². The first-order chi connectivity index (χ1) is 6.24. The summed E-state index contributed by atoms with van der Waals surface area (Å²) < 4.78 is 0. The molecule has 0 rings (SSSR count). The van der Waals surface area contributed by atoms with Crippen LogP contribution in [0.15, 0.2) is 0 Å². The summed E-state index contributed by atoms with van der Waals surface area (Å²) in [5, 5.41) is 15.5. The van der Waals surface area contributed by atoms with Crippen molar-refractivity contribution in [1.29, 1.82) is 0 Å². The third kappa shape index (κ3) is 6.99. The fourth-order valence-electron chi connectivity index (χ4n) is 1.29. The van der Waals surface area contributed by atoms with Crippen LogP contribution in [0.3, 0.4) is 0 Å². The summed E-state index contributed by atoms with van der Waals surface area (Å²) in [4.78, 5) is 0. The van der Waals surface area contributed by atoms with Gasteiger partial charge in [0.15, 0.2) is 0 Å². The number of hydrogen-bond donors (Lipinski definition) is 3. The second kappa shape index (κ2) is 8.48. The highest BCUT2D eigenvalue weighted by molar-refractivity contribution is 4.69. The highest BCUT2D eigenvalue weighted by Crippen LogP contribution is 1.92. The maximum absolute atomic E-state index is 8.71. The molecular weight excluding hydrogens is 164 g/mol. The zero-order chi connectivity index (χ0) is 10.1. The van der Waals surface area contributed by atoms with Gasteiger partial charge >= 0.3 is 0 Å². The van der Waals surface area contributed by atoms with Crippen LogP contribution in [-0.2, 0) is 0 Å². The molecule has 3 heteroatoms. The molecule has 0 aromatic rings. The molecule has 0 fully saturated rings. The molecule has 0 aliphatic rings. The molecule has 0 heterocycles. The van der Waals surface area contributed by atoms with E-state index in [1.165, 1.54) is 0 Å². The van der Waals surface area contributed by atoms with E-state index in [4.69, 9.17) is 5.11 Å². The van der Waals surface area contributed by atoms with Crippen molar-refractivity contribution < 1.29 is 5.11 Å². The van der Waals surface area contributed by atoms with E-state index < -0.39 is 0 Å². The molecular formula is C10H24N2O. The van der Waals surface area contributed by atoms with E-state index in [-0.39, 0.29) is 6.61 Å². The lowest BCUT2D eigenvalue weighted by Crippen LogP contribution is -2.41. The molecule has 0 saturated heterocycles. The van der Waals surface area contributed by atoms with Crippen molar-refractivity contribution >= 4 is 0 Å². The highest BCUT2D eigenvalue weighted by Gasteiger charge is 2.05. The van der Waals surface area contributed by atoms with Gasteiger partial charge in [-0.15, -0.1) is 0 Å². The van der Waals surface area contributed by atoms with Crippen molar-refractivity contribution in [2.75, 3.05) is 19.7 Å². The van der Waals surface area contributed by atoms with Crippen LogP contribution in [0, 0.1) is 0 Å². The van der Waals surface area contributed by atoms with Crippen LogP contribution >= 0.6 is 0 Å². The molecule has 2 unspecified atom stereocenters. The first-order valence-electron chi connectivity index (χ1n) is 5.32. The Morgan fingerprint density at radius 2 is 1.92 bits per heavy atom. The van der Waals surface area contributed by atoms with Crippen molar-refractivity contribution in [2.24, 2.45) is 0 Å². The number of nitrogens with one attached hydrogen (secondary N) is 2. The van der Waals surface area contributed by atoms with Crippen molar-refractivity contribution in [3.8, 4) is 0 Å². The number of aliphatic hydroxyl groups excluding tert-OH is 1. The number of rotatable bonds is 8. The summed E-state index contributed by atoms with van der Waals surface area (Å²) in [6.45, 7) is 8.70. The van der Waals surface area contributed by atoms with Crippen molar-refractivity contribution in [3.05, 3.63) is 0 Å². The van der Waals surface area contributed by atoms with Gasteiger partial charge in [-0.2, -0.15) is 0 Å². The topological polar surface area (TPSA) is 44.3 Å². The van der Waals surface area contributed by atoms with Crippen LogP contribution < -0.4 is 10.6 Å². The van der Waals surface area contributed by atoms with E-state index in [1.807, 2.05) is 0 Å². The minimum Gasteiger partial charge on any atom is -0.396 e. The van der Waals surface area contributed by atoms with Gasteiger partial charge in [0.1, 0.15) is 0 Å². The normalized spacial score (nSPS) is 15.7. The number of aliphatic hydroxyl groups is 1. The number of hydrogen-bond acceptors (Lipinski definition) is 3. The van der Waals surface area contributed by atoms with Crippen LogP contribution in [0.5, 0.6) is 0 Å². The summed E-state index contributed by atoms with van der Waals surface area (Å²) >= 11 is 0. The maximum Gasteiger partial charge on any atom is 0.0445 e. The molecule has 0 radical (unpaired) electrons. The molecule has 13 heavy (non-hydrogen) atoms. The Morgan fingerprint density at radius 3 is 2.38 bits per heavy atom. The van der Waals surface area contributed by atoms with E-state index in [1.54, 1.807) is 0 Å². The molecule has 0 aromatic heterocycles. The third-order valence-corrected chi connectivity index (χ3v) is 2.26. The average molecular weight is 188 g/mol. The molecule has 0 aliphatic carbocycles. The molecule has 80 valence electrons. The Balaban J connectivity index is 3.46. The average Bonchev–Trinajstić information content (AvgIpc) is 2.12. The molecule has 3 N–H and O–H groups in total. The summed E-state index contributed by atoms with van der Waals surface area (Å²) in [5.41, 5.74) is 0. The van der Waals surface area contributed by atoms with Gasteiger partial charge < -0.3 is 15.7 Å². The molecule has 0 saturated carbocycles. The molecule has 2 atom stereocenters. The molecule has 0 aromatic carbocycles. The van der Waals surface area contributed by atoms with Crippen molar-refractivity contribution in [3.63, 3.8) is 0 Å². The lowest BCUT2D eigenvalue weighted by molar-refractivity contribution is 0.266. The zero-order valence-electron chi connectivity index (χ0n) is 9.14. The van der Waals surface area contributed by atoms with Gasteiger partial charge in [0.2, 0.25) is 0 Å². The summed E-state index contributed by atoms with van der Waals surface area (Å²) in [7, 11) is 0. The smallest absolute Gasteiger partial charge is 0.0445 e. The van der Waals surface area contributed by atoms with Gasteiger partial charge in [-0.25, -0.2) is 0 Å². The van der Waals surface area contributed by atoms with Gasteiger partial charge in [-0.3, -0.25) is 0 Å². The Morgan fingerprint density at radius 1 is 1.23 bits per heavy atom. The highest BCUT2D eigenvalue weighted by atomic mass is 16.3. The fourth-order valence-corrected chi connectivity index (χ4v) is 1.29. The molecule has 0 amide bonds. The Labute approximate surface area is 81.9 Å². The van der Waals surface area contributed by atoms with Gasteiger partial charge in [0.05, 0.1) is 0 Å². The largest absolute Gasteiger partial charge is 0.396 e. The van der Waals surface area contributed by atoms with Gasteiger partial charge in [0, 0.05) is 25.2 Å². The minimum absolute atomic E-state index is 0.270. The summed E-state index contributed by atoms with van der Waals surface area (Å²) in [6, 6.07) is 0.976. The Kier molecular flexibility index (Phi) is 8.40. The van der Waals surface area contributed by atoms with E-state index in [0.29, 0.717) is 12.1 Å². The summed E-state index contributed by atoms with van der Waals surface area (Å²) in [6.07, 6.45) is 1.98. The van der Waals surface area contributed by atoms with E-state index in [2.05, 4.69) is 31.4 Å². The SMILES string of the molecule is CCNC(CC)CNC(C)CCO. The van der Waals surface area contributed by atoms with E-state index in [9.17, 15) is 0 Å². The Hall–Kier alpha value is -0.120. The predicted octanol–water partition coefficient (Wildman–Crippen LogP) is 0.735.